The van der Waals surface area contributed by atoms with Gasteiger partial charge in [-0.3, -0.25) is 4.79 Å². The van der Waals surface area contributed by atoms with Gasteiger partial charge in [-0.25, -0.2) is 9.97 Å². The highest BCUT2D eigenvalue weighted by molar-refractivity contribution is 5.94. The third-order valence-electron chi connectivity index (χ3n) is 5.87. The van der Waals surface area contributed by atoms with Crippen molar-refractivity contribution in [2.24, 2.45) is 5.92 Å². The Bertz CT molecular complexity index is 829. The lowest BCUT2D eigenvalue weighted by Gasteiger charge is -2.33. The predicted molar refractivity (Wildman–Crippen MR) is 115 cm³/mol. The number of rotatable bonds is 5. The van der Waals surface area contributed by atoms with Crippen molar-refractivity contribution in [2.45, 2.75) is 32.1 Å². The number of aromatic nitrogens is 2. The maximum absolute atomic E-state index is 12.7. The third kappa shape index (κ3) is 4.60. The summed E-state index contributed by atoms with van der Waals surface area (Å²) >= 11 is 0. The number of carbonyl (C=O) groups excluding carboxylic acids is 1. The van der Waals surface area contributed by atoms with Gasteiger partial charge >= 0.3 is 0 Å². The molecule has 0 radical (unpaired) electrons. The molecule has 1 amide bonds. The summed E-state index contributed by atoms with van der Waals surface area (Å²) in [5.74, 6) is 2.73. The Balaban J connectivity index is 1.35. The lowest BCUT2D eigenvalue weighted by Crippen LogP contribution is -2.39. The zero-order valence-electron chi connectivity index (χ0n) is 17.0. The second kappa shape index (κ2) is 9.11. The quantitative estimate of drug-likeness (QED) is 0.837. The van der Waals surface area contributed by atoms with Crippen LogP contribution in [-0.2, 0) is 4.79 Å². The second-order valence-electron chi connectivity index (χ2n) is 7.73. The van der Waals surface area contributed by atoms with E-state index in [0.717, 1.165) is 56.3 Å². The van der Waals surface area contributed by atoms with Gasteiger partial charge in [-0.05, 0) is 44.2 Å². The van der Waals surface area contributed by atoms with Crippen molar-refractivity contribution in [1.82, 2.24) is 9.97 Å². The number of hydrogen-bond acceptors (Lipinski definition) is 6. The topological polar surface area (TPSA) is 70.6 Å². The Morgan fingerprint density at radius 3 is 2.34 bits per heavy atom. The van der Waals surface area contributed by atoms with Crippen LogP contribution >= 0.6 is 0 Å². The van der Waals surface area contributed by atoms with Crippen LogP contribution in [-0.4, -0.2) is 49.2 Å². The molecule has 2 aliphatic rings. The fraction of sp³-hybridized carbons (Fsp3) is 0.500. The molecule has 7 nitrogen and oxygen atoms in total. The third-order valence-corrected chi connectivity index (χ3v) is 5.87. The largest absolute Gasteiger partial charge is 0.495 e. The minimum atomic E-state index is -0.000403. The van der Waals surface area contributed by atoms with E-state index in [4.69, 9.17) is 4.74 Å². The van der Waals surface area contributed by atoms with Gasteiger partial charge in [0.25, 0.3) is 0 Å². The molecule has 0 aliphatic carbocycles. The maximum atomic E-state index is 12.7. The first-order valence-corrected chi connectivity index (χ1v) is 10.5. The summed E-state index contributed by atoms with van der Waals surface area (Å²) in [5.41, 5.74) is 0.726. The molecule has 29 heavy (non-hydrogen) atoms. The van der Waals surface area contributed by atoms with E-state index in [-0.39, 0.29) is 11.8 Å². The molecule has 154 valence electrons. The summed E-state index contributed by atoms with van der Waals surface area (Å²) in [6.07, 6.45) is 7.05. The molecule has 7 heteroatoms. The van der Waals surface area contributed by atoms with Gasteiger partial charge in [-0.15, -0.1) is 0 Å². The molecule has 4 rings (SSSR count). The standard InChI is InChI=1S/C22H29N5O2/c1-29-19-8-4-3-7-18(19)25-22(28)17-9-13-27(14-10-17)21-15-20(23-16-24-21)26-11-5-2-6-12-26/h3-4,7-8,15-17H,2,5-6,9-14H2,1H3,(H,25,28). The second-order valence-corrected chi connectivity index (χ2v) is 7.73. The molecule has 0 atom stereocenters. The van der Waals surface area contributed by atoms with Crippen LogP contribution in [0.25, 0.3) is 0 Å². The van der Waals surface area contributed by atoms with Gasteiger partial charge in [0, 0.05) is 38.2 Å². The predicted octanol–water partition coefficient (Wildman–Crippen LogP) is 3.33. The first-order valence-electron chi connectivity index (χ1n) is 10.5. The molecule has 1 aromatic carbocycles. The number of piperidine rings is 2. The fourth-order valence-electron chi connectivity index (χ4n) is 4.16. The molecule has 0 bridgehead atoms. The summed E-state index contributed by atoms with van der Waals surface area (Å²) in [6.45, 7) is 3.78. The Morgan fingerprint density at radius 1 is 1.00 bits per heavy atom. The van der Waals surface area contributed by atoms with Crippen LogP contribution in [0.1, 0.15) is 32.1 Å². The van der Waals surface area contributed by atoms with Crippen LogP contribution in [0.15, 0.2) is 36.7 Å². The van der Waals surface area contributed by atoms with Gasteiger partial charge in [-0.2, -0.15) is 0 Å². The van der Waals surface area contributed by atoms with E-state index >= 15 is 0 Å². The number of para-hydroxylation sites is 2. The minimum absolute atomic E-state index is 0.000403. The maximum Gasteiger partial charge on any atom is 0.227 e. The number of hydrogen-bond donors (Lipinski definition) is 1. The van der Waals surface area contributed by atoms with Crippen LogP contribution < -0.4 is 19.9 Å². The zero-order chi connectivity index (χ0) is 20.1. The lowest BCUT2D eigenvalue weighted by molar-refractivity contribution is -0.120. The van der Waals surface area contributed by atoms with Crippen molar-refractivity contribution in [3.63, 3.8) is 0 Å². The van der Waals surface area contributed by atoms with E-state index in [2.05, 4.69) is 31.2 Å². The first kappa shape index (κ1) is 19.5. The Labute approximate surface area is 172 Å². The Kier molecular flexibility index (Phi) is 6.12. The number of amides is 1. The summed E-state index contributed by atoms with van der Waals surface area (Å²) in [5, 5.41) is 3.02. The number of carbonyl (C=O) groups is 1. The Morgan fingerprint density at radius 2 is 1.66 bits per heavy atom. The van der Waals surface area contributed by atoms with Crippen molar-refractivity contribution in [3.05, 3.63) is 36.7 Å². The monoisotopic (exact) mass is 395 g/mol. The molecule has 0 saturated carbocycles. The van der Waals surface area contributed by atoms with E-state index < -0.39 is 0 Å². The summed E-state index contributed by atoms with van der Waals surface area (Å²) in [7, 11) is 1.61. The molecular formula is C22H29N5O2. The average Bonchev–Trinajstić information content (AvgIpc) is 2.80. The van der Waals surface area contributed by atoms with Gasteiger partial charge < -0.3 is 19.9 Å². The average molecular weight is 396 g/mol. The number of methoxy groups -OCH3 is 1. The van der Waals surface area contributed by atoms with Gasteiger partial charge in [0.15, 0.2) is 0 Å². The van der Waals surface area contributed by atoms with Crippen molar-refractivity contribution in [2.75, 3.05) is 48.4 Å². The summed E-state index contributed by atoms with van der Waals surface area (Å²) in [4.78, 5) is 26.3. The van der Waals surface area contributed by atoms with Gasteiger partial charge in [0.2, 0.25) is 5.91 Å². The van der Waals surface area contributed by atoms with E-state index in [9.17, 15) is 4.79 Å². The SMILES string of the molecule is COc1ccccc1NC(=O)C1CCN(c2cc(N3CCCCC3)ncn2)CC1. The van der Waals surface area contributed by atoms with Gasteiger partial charge in [0.1, 0.15) is 23.7 Å². The van der Waals surface area contributed by atoms with Crippen molar-refractivity contribution in [3.8, 4) is 5.75 Å². The highest BCUT2D eigenvalue weighted by Crippen LogP contribution is 2.28. The molecule has 2 saturated heterocycles. The van der Waals surface area contributed by atoms with Crippen LogP contribution in [0.5, 0.6) is 5.75 Å². The molecule has 2 aliphatic heterocycles. The highest BCUT2D eigenvalue weighted by Gasteiger charge is 2.26. The molecular weight excluding hydrogens is 366 g/mol. The van der Waals surface area contributed by atoms with E-state index in [1.807, 2.05) is 24.3 Å². The minimum Gasteiger partial charge on any atom is -0.495 e. The van der Waals surface area contributed by atoms with E-state index in [1.54, 1.807) is 13.4 Å². The molecule has 0 spiro atoms. The van der Waals surface area contributed by atoms with Crippen molar-refractivity contribution < 1.29 is 9.53 Å². The van der Waals surface area contributed by atoms with Crippen LogP contribution in [0, 0.1) is 5.92 Å². The van der Waals surface area contributed by atoms with Gasteiger partial charge in [-0.1, -0.05) is 12.1 Å². The van der Waals surface area contributed by atoms with Crippen LogP contribution in [0.4, 0.5) is 17.3 Å². The molecule has 1 aromatic heterocycles. The summed E-state index contributed by atoms with van der Waals surface area (Å²) < 4.78 is 5.33. The zero-order valence-corrected chi connectivity index (χ0v) is 17.0. The number of ether oxygens (including phenoxy) is 1. The fourth-order valence-corrected chi connectivity index (χ4v) is 4.16. The van der Waals surface area contributed by atoms with E-state index in [0.29, 0.717) is 5.75 Å². The Hall–Kier alpha value is -2.83. The molecule has 3 heterocycles. The number of benzene rings is 1. The van der Waals surface area contributed by atoms with Gasteiger partial charge in [0.05, 0.1) is 12.8 Å². The summed E-state index contributed by atoms with van der Waals surface area (Å²) in [6, 6.07) is 9.62. The first-order chi connectivity index (χ1) is 14.2. The molecule has 2 fully saturated rings. The highest BCUT2D eigenvalue weighted by atomic mass is 16.5. The molecule has 0 unspecified atom stereocenters. The number of nitrogens with one attached hydrogen (secondary N) is 1. The number of anilines is 3. The smallest absolute Gasteiger partial charge is 0.227 e. The normalized spacial score (nSPS) is 17.8. The molecule has 1 N–H and O–H groups in total. The van der Waals surface area contributed by atoms with Crippen LogP contribution in [0.2, 0.25) is 0 Å². The van der Waals surface area contributed by atoms with Crippen molar-refractivity contribution >= 4 is 23.2 Å². The lowest BCUT2D eigenvalue weighted by atomic mass is 9.95. The molecule has 2 aromatic rings. The van der Waals surface area contributed by atoms with E-state index in [1.165, 1.54) is 19.3 Å². The van der Waals surface area contributed by atoms with Crippen molar-refractivity contribution in [1.29, 1.82) is 0 Å². The number of nitrogens with zero attached hydrogens (tertiary/aromatic N) is 4. The van der Waals surface area contributed by atoms with Crippen LogP contribution in [0.3, 0.4) is 0 Å².